The fraction of sp³-hybridized carbons (Fsp3) is 0.125. The molecular formula is C24H22N4OS. The van der Waals surface area contributed by atoms with E-state index in [2.05, 4.69) is 19.9 Å². The van der Waals surface area contributed by atoms with Crippen LogP contribution >= 0.6 is 11.8 Å². The van der Waals surface area contributed by atoms with Crippen molar-refractivity contribution < 1.29 is 4.79 Å². The number of anilines is 1. The van der Waals surface area contributed by atoms with Crippen molar-refractivity contribution in [2.24, 2.45) is 0 Å². The largest absolute Gasteiger partial charge is 0.331 e. The predicted molar refractivity (Wildman–Crippen MR) is 121 cm³/mol. The third kappa shape index (κ3) is 4.96. The van der Waals surface area contributed by atoms with Crippen molar-refractivity contribution in [3.8, 4) is 0 Å². The van der Waals surface area contributed by atoms with Gasteiger partial charge < -0.3 is 9.88 Å². The molecule has 0 radical (unpaired) electrons. The fourth-order valence-corrected chi connectivity index (χ4v) is 3.89. The molecule has 150 valence electrons. The van der Waals surface area contributed by atoms with Crippen LogP contribution in [0.25, 0.3) is 0 Å². The van der Waals surface area contributed by atoms with Crippen LogP contribution in [0.5, 0.6) is 0 Å². The third-order valence-electron chi connectivity index (χ3n) is 4.77. The predicted octanol–water partition coefficient (Wildman–Crippen LogP) is 5.18. The lowest BCUT2D eigenvalue weighted by Crippen LogP contribution is -2.14. The minimum Gasteiger partial charge on any atom is -0.331 e. The first kappa shape index (κ1) is 19.9. The molecule has 1 amide bonds. The lowest BCUT2D eigenvalue weighted by molar-refractivity contribution is 0.102. The van der Waals surface area contributed by atoms with Gasteiger partial charge in [0.2, 0.25) is 0 Å². The molecule has 0 aliphatic rings. The van der Waals surface area contributed by atoms with Gasteiger partial charge in [0, 0.05) is 35.6 Å². The first-order chi connectivity index (χ1) is 14.7. The van der Waals surface area contributed by atoms with E-state index in [4.69, 9.17) is 0 Å². The van der Waals surface area contributed by atoms with E-state index in [1.165, 1.54) is 0 Å². The van der Waals surface area contributed by atoms with Crippen LogP contribution in [0.2, 0.25) is 0 Å². The molecule has 2 heterocycles. The van der Waals surface area contributed by atoms with E-state index in [-0.39, 0.29) is 5.91 Å². The zero-order valence-corrected chi connectivity index (χ0v) is 17.5. The molecule has 4 rings (SSSR count). The van der Waals surface area contributed by atoms with E-state index in [0.29, 0.717) is 12.1 Å². The zero-order valence-electron chi connectivity index (χ0n) is 16.7. The Bertz CT molecular complexity index is 1120. The van der Waals surface area contributed by atoms with Gasteiger partial charge in [-0.15, -0.1) is 11.8 Å². The maximum atomic E-state index is 12.8. The molecule has 0 spiro atoms. The van der Waals surface area contributed by atoms with Gasteiger partial charge in [-0.25, -0.2) is 9.97 Å². The van der Waals surface area contributed by atoms with Crippen molar-refractivity contribution in [1.29, 1.82) is 0 Å². The van der Waals surface area contributed by atoms with Crippen LogP contribution in [-0.2, 0) is 12.3 Å². The topological polar surface area (TPSA) is 59.8 Å². The summed E-state index contributed by atoms with van der Waals surface area (Å²) in [5, 5.41) is 4.04. The van der Waals surface area contributed by atoms with Crippen molar-refractivity contribution in [2.75, 3.05) is 5.32 Å². The van der Waals surface area contributed by atoms with Crippen LogP contribution in [0, 0.1) is 6.92 Å². The number of imidazole rings is 1. The molecule has 4 aromatic rings. The lowest BCUT2D eigenvalue weighted by atomic mass is 10.1. The maximum Gasteiger partial charge on any atom is 0.255 e. The summed E-state index contributed by atoms with van der Waals surface area (Å²) in [6.07, 6.45) is 5.52. The number of carbonyl (C=O) groups excluding carboxylic acids is 1. The summed E-state index contributed by atoms with van der Waals surface area (Å²) < 4.78 is 2.05. The van der Waals surface area contributed by atoms with E-state index >= 15 is 0 Å². The average molecular weight is 415 g/mol. The van der Waals surface area contributed by atoms with Gasteiger partial charge in [-0.2, -0.15) is 0 Å². The highest BCUT2D eigenvalue weighted by Crippen LogP contribution is 2.21. The molecule has 5 nitrogen and oxygen atoms in total. The number of benzene rings is 2. The van der Waals surface area contributed by atoms with Crippen LogP contribution in [0.15, 0.2) is 90.3 Å². The normalized spacial score (nSPS) is 10.7. The van der Waals surface area contributed by atoms with E-state index in [9.17, 15) is 4.79 Å². The van der Waals surface area contributed by atoms with E-state index < -0.39 is 0 Å². The summed E-state index contributed by atoms with van der Waals surface area (Å²) in [6.45, 7) is 2.63. The highest BCUT2D eigenvalue weighted by Gasteiger charge is 2.10. The molecule has 2 aromatic heterocycles. The lowest BCUT2D eigenvalue weighted by Gasteiger charge is -2.13. The number of carbonyl (C=O) groups is 1. The van der Waals surface area contributed by atoms with Gasteiger partial charge >= 0.3 is 0 Å². The second kappa shape index (κ2) is 9.41. The van der Waals surface area contributed by atoms with Crippen molar-refractivity contribution in [1.82, 2.24) is 14.5 Å². The summed E-state index contributed by atoms with van der Waals surface area (Å²) in [5.74, 6) is 1.63. The molecule has 0 aliphatic heterocycles. The van der Waals surface area contributed by atoms with Crippen LogP contribution in [0.3, 0.4) is 0 Å². The quantitative estimate of drug-likeness (QED) is 0.423. The molecule has 30 heavy (non-hydrogen) atoms. The zero-order chi connectivity index (χ0) is 20.8. The molecular weight excluding hydrogens is 392 g/mol. The van der Waals surface area contributed by atoms with Gasteiger partial charge in [-0.1, -0.05) is 36.4 Å². The van der Waals surface area contributed by atoms with Crippen molar-refractivity contribution in [2.45, 2.75) is 24.2 Å². The smallest absolute Gasteiger partial charge is 0.255 e. The minimum atomic E-state index is -0.117. The number of para-hydroxylation sites is 1. The Morgan fingerprint density at radius 2 is 1.77 bits per heavy atom. The second-order valence-electron chi connectivity index (χ2n) is 6.87. The molecule has 0 atom stereocenters. The van der Waals surface area contributed by atoms with Gasteiger partial charge in [0.15, 0.2) is 0 Å². The first-order valence-corrected chi connectivity index (χ1v) is 10.7. The van der Waals surface area contributed by atoms with Gasteiger partial charge in [0.05, 0.1) is 11.6 Å². The molecule has 1 N–H and O–H groups in total. The van der Waals surface area contributed by atoms with Crippen LogP contribution in [0.1, 0.15) is 27.3 Å². The Balaban J connectivity index is 1.41. The van der Waals surface area contributed by atoms with Crippen molar-refractivity contribution in [3.63, 3.8) is 0 Å². The highest BCUT2D eigenvalue weighted by molar-refractivity contribution is 7.98. The van der Waals surface area contributed by atoms with Crippen LogP contribution in [-0.4, -0.2) is 20.4 Å². The second-order valence-corrected chi connectivity index (χ2v) is 7.86. The molecule has 0 unspecified atom stereocenters. The first-order valence-electron chi connectivity index (χ1n) is 9.69. The van der Waals surface area contributed by atoms with Crippen LogP contribution in [0.4, 0.5) is 5.69 Å². The summed E-state index contributed by atoms with van der Waals surface area (Å²) in [7, 11) is 0. The third-order valence-corrected chi connectivity index (χ3v) is 5.79. The average Bonchev–Trinajstić information content (AvgIpc) is 3.19. The number of amides is 1. The minimum absolute atomic E-state index is 0.117. The molecule has 6 heteroatoms. The summed E-state index contributed by atoms with van der Waals surface area (Å²) in [4.78, 5) is 21.4. The van der Waals surface area contributed by atoms with Gasteiger partial charge in [0.25, 0.3) is 5.91 Å². The standard InChI is InChI=1S/C24H22N4OS/c1-18-25-14-15-28(18)16-21-6-2-3-7-22(21)27-24(29)20-11-9-19(10-12-20)17-30-23-8-4-5-13-26-23/h2-15H,16-17H2,1H3,(H,27,29). The Hall–Kier alpha value is -3.38. The molecule has 2 aromatic carbocycles. The molecule has 0 aliphatic carbocycles. The number of nitrogens with zero attached hydrogens (tertiary/aromatic N) is 3. The van der Waals surface area contributed by atoms with E-state index in [1.54, 1.807) is 24.2 Å². The maximum absolute atomic E-state index is 12.8. The van der Waals surface area contributed by atoms with Gasteiger partial charge in [-0.05, 0) is 48.4 Å². The Morgan fingerprint density at radius 1 is 0.967 bits per heavy atom. The molecule has 0 bridgehead atoms. The number of aryl methyl sites for hydroxylation is 1. The fourth-order valence-electron chi connectivity index (χ4n) is 3.07. The number of hydrogen-bond donors (Lipinski definition) is 1. The SMILES string of the molecule is Cc1nccn1Cc1ccccc1NC(=O)c1ccc(CSc2ccccn2)cc1. The van der Waals surface area contributed by atoms with Crippen molar-refractivity contribution >= 4 is 23.4 Å². The monoisotopic (exact) mass is 414 g/mol. The number of pyridine rings is 1. The van der Waals surface area contributed by atoms with E-state index in [1.807, 2.05) is 79.9 Å². The number of rotatable bonds is 7. The molecule has 0 saturated carbocycles. The van der Waals surface area contributed by atoms with Gasteiger partial charge in [0.1, 0.15) is 5.82 Å². The Morgan fingerprint density at radius 3 is 2.50 bits per heavy atom. The van der Waals surface area contributed by atoms with Crippen LogP contribution < -0.4 is 5.32 Å². The van der Waals surface area contributed by atoms with Crippen molar-refractivity contribution in [3.05, 3.63) is 108 Å². The number of aromatic nitrogens is 3. The van der Waals surface area contributed by atoms with Gasteiger partial charge in [-0.3, -0.25) is 4.79 Å². The summed E-state index contributed by atoms with van der Waals surface area (Å²) >= 11 is 1.68. The highest BCUT2D eigenvalue weighted by atomic mass is 32.2. The van der Waals surface area contributed by atoms with E-state index in [0.717, 1.165) is 33.4 Å². The molecule has 0 fully saturated rings. The molecule has 0 saturated heterocycles. The number of nitrogens with one attached hydrogen (secondary N) is 1. The number of hydrogen-bond acceptors (Lipinski definition) is 4. The summed E-state index contributed by atoms with van der Waals surface area (Å²) in [5.41, 5.74) is 3.63. The number of thioether (sulfide) groups is 1. The summed E-state index contributed by atoms with van der Waals surface area (Å²) in [6, 6.07) is 21.5. The Kier molecular flexibility index (Phi) is 6.25. The Labute approximate surface area is 180 Å².